The van der Waals surface area contributed by atoms with Crippen LogP contribution in [0, 0.1) is 0 Å². The molecule has 0 aliphatic heterocycles. The molecule has 1 amide bonds. The Morgan fingerprint density at radius 2 is 1.89 bits per heavy atom. The molecule has 0 bridgehead atoms. The fraction of sp³-hybridized carbons (Fsp3) is 0.417. The molecule has 0 heterocycles. The molecule has 1 atom stereocenters. The van der Waals surface area contributed by atoms with E-state index in [9.17, 15) is 18.0 Å². The fourth-order valence-electron chi connectivity index (χ4n) is 1.48. The van der Waals surface area contributed by atoms with Gasteiger partial charge in [0.15, 0.2) is 0 Å². The van der Waals surface area contributed by atoms with E-state index in [1.807, 2.05) is 30.3 Å². The van der Waals surface area contributed by atoms with Gasteiger partial charge in [0.25, 0.3) is 0 Å². The Morgan fingerprint density at radius 3 is 2.44 bits per heavy atom. The van der Waals surface area contributed by atoms with Crippen LogP contribution in [0.15, 0.2) is 30.3 Å². The van der Waals surface area contributed by atoms with E-state index in [-0.39, 0.29) is 12.6 Å². The molecule has 0 fully saturated rings. The number of carbonyl (C=O) groups is 1. The van der Waals surface area contributed by atoms with E-state index >= 15 is 0 Å². The zero-order valence-electron chi connectivity index (χ0n) is 9.70. The maximum Gasteiger partial charge on any atom is 0.397 e. The largest absolute Gasteiger partial charge is 0.397 e. The van der Waals surface area contributed by atoms with Crippen LogP contribution >= 0.6 is 0 Å². The van der Waals surface area contributed by atoms with Crippen molar-refractivity contribution in [2.24, 2.45) is 5.73 Å². The molecule has 18 heavy (non-hydrogen) atoms. The first-order chi connectivity index (χ1) is 8.38. The SMILES string of the molecule is NC(CCNC(=O)CC(F)(F)F)c1ccccc1. The van der Waals surface area contributed by atoms with Crippen molar-refractivity contribution < 1.29 is 18.0 Å². The van der Waals surface area contributed by atoms with E-state index in [1.165, 1.54) is 0 Å². The first-order valence-electron chi connectivity index (χ1n) is 5.52. The summed E-state index contributed by atoms with van der Waals surface area (Å²) in [5.41, 5.74) is 6.73. The van der Waals surface area contributed by atoms with Gasteiger partial charge in [0.05, 0.1) is 0 Å². The summed E-state index contributed by atoms with van der Waals surface area (Å²) < 4.78 is 35.6. The van der Waals surface area contributed by atoms with Crippen LogP contribution in [-0.2, 0) is 4.79 Å². The van der Waals surface area contributed by atoms with Crippen LogP contribution in [0.5, 0.6) is 0 Å². The van der Waals surface area contributed by atoms with Gasteiger partial charge >= 0.3 is 6.18 Å². The van der Waals surface area contributed by atoms with Crippen molar-refractivity contribution in [2.45, 2.75) is 25.1 Å². The molecule has 0 saturated heterocycles. The van der Waals surface area contributed by atoms with E-state index in [0.29, 0.717) is 6.42 Å². The van der Waals surface area contributed by atoms with Gasteiger partial charge in [0, 0.05) is 12.6 Å². The predicted molar refractivity (Wildman–Crippen MR) is 61.7 cm³/mol. The van der Waals surface area contributed by atoms with Gasteiger partial charge in [0.1, 0.15) is 6.42 Å². The molecule has 0 saturated carbocycles. The minimum Gasteiger partial charge on any atom is -0.356 e. The fourth-order valence-corrected chi connectivity index (χ4v) is 1.48. The number of nitrogens with one attached hydrogen (secondary N) is 1. The molecule has 1 unspecified atom stereocenters. The Bertz CT molecular complexity index is 379. The lowest BCUT2D eigenvalue weighted by atomic mass is 10.1. The maximum absolute atomic E-state index is 11.9. The molecular formula is C12H15F3N2O. The Kier molecular flexibility index (Phi) is 5.15. The van der Waals surface area contributed by atoms with Crippen molar-refractivity contribution in [3.05, 3.63) is 35.9 Å². The lowest BCUT2D eigenvalue weighted by Crippen LogP contribution is -2.30. The van der Waals surface area contributed by atoms with E-state index in [1.54, 1.807) is 0 Å². The summed E-state index contributed by atoms with van der Waals surface area (Å²) in [6.07, 6.45) is -5.52. The van der Waals surface area contributed by atoms with Crippen LogP contribution in [0.4, 0.5) is 13.2 Å². The van der Waals surface area contributed by atoms with Crippen LogP contribution in [-0.4, -0.2) is 18.6 Å². The van der Waals surface area contributed by atoms with Crippen LogP contribution < -0.4 is 11.1 Å². The molecular weight excluding hydrogens is 245 g/mol. The lowest BCUT2D eigenvalue weighted by Gasteiger charge is -2.13. The zero-order chi connectivity index (χ0) is 13.6. The highest BCUT2D eigenvalue weighted by Crippen LogP contribution is 2.19. The third-order valence-electron chi connectivity index (χ3n) is 2.37. The average molecular weight is 260 g/mol. The summed E-state index contributed by atoms with van der Waals surface area (Å²) in [6, 6.07) is 8.89. The van der Waals surface area contributed by atoms with Gasteiger partial charge in [-0.25, -0.2) is 0 Å². The van der Waals surface area contributed by atoms with Crippen molar-refractivity contribution >= 4 is 5.91 Å². The molecule has 0 aromatic heterocycles. The van der Waals surface area contributed by atoms with E-state index < -0.39 is 18.5 Å². The van der Waals surface area contributed by atoms with Crippen molar-refractivity contribution in [1.82, 2.24) is 5.32 Å². The molecule has 0 radical (unpaired) electrons. The standard InChI is InChI=1S/C12H15F3N2O/c13-12(14,15)8-11(18)17-7-6-10(16)9-4-2-1-3-5-9/h1-5,10H,6-8,16H2,(H,17,18). The van der Waals surface area contributed by atoms with Gasteiger partial charge < -0.3 is 11.1 Å². The first kappa shape index (κ1) is 14.5. The van der Waals surface area contributed by atoms with Crippen molar-refractivity contribution in [3.63, 3.8) is 0 Å². The lowest BCUT2D eigenvalue weighted by molar-refractivity contribution is -0.153. The van der Waals surface area contributed by atoms with Crippen molar-refractivity contribution in [3.8, 4) is 0 Å². The molecule has 100 valence electrons. The molecule has 0 aliphatic rings. The highest BCUT2D eigenvalue weighted by Gasteiger charge is 2.30. The van der Waals surface area contributed by atoms with E-state index in [4.69, 9.17) is 5.73 Å². The number of amides is 1. The number of hydrogen-bond donors (Lipinski definition) is 2. The number of halogens is 3. The number of alkyl halides is 3. The Hall–Kier alpha value is -1.56. The normalized spacial score (nSPS) is 13.1. The second-order valence-corrected chi connectivity index (χ2v) is 3.95. The van der Waals surface area contributed by atoms with Crippen LogP contribution in [0.3, 0.4) is 0 Å². The number of rotatable bonds is 5. The number of nitrogens with two attached hydrogens (primary N) is 1. The summed E-state index contributed by atoms with van der Waals surface area (Å²) in [5, 5.41) is 2.20. The minimum absolute atomic E-state index is 0.130. The summed E-state index contributed by atoms with van der Waals surface area (Å²) >= 11 is 0. The van der Waals surface area contributed by atoms with Crippen LogP contribution in [0.1, 0.15) is 24.4 Å². The second kappa shape index (κ2) is 6.39. The van der Waals surface area contributed by atoms with Crippen molar-refractivity contribution in [2.75, 3.05) is 6.54 Å². The quantitative estimate of drug-likeness (QED) is 0.852. The number of hydrogen-bond acceptors (Lipinski definition) is 2. The van der Waals surface area contributed by atoms with Gasteiger partial charge in [-0.1, -0.05) is 30.3 Å². The molecule has 3 nitrogen and oxygen atoms in total. The average Bonchev–Trinajstić information content (AvgIpc) is 2.27. The van der Waals surface area contributed by atoms with Gasteiger partial charge in [-0.15, -0.1) is 0 Å². The highest BCUT2D eigenvalue weighted by atomic mass is 19.4. The van der Waals surface area contributed by atoms with Crippen LogP contribution in [0.25, 0.3) is 0 Å². The number of carbonyl (C=O) groups excluding carboxylic acids is 1. The third-order valence-corrected chi connectivity index (χ3v) is 2.37. The maximum atomic E-state index is 11.9. The summed E-state index contributed by atoms with van der Waals surface area (Å²) in [7, 11) is 0. The number of benzene rings is 1. The van der Waals surface area contributed by atoms with Crippen molar-refractivity contribution in [1.29, 1.82) is 0 Å². The summed E-state index contributed by atoms with van der Waals surface area (Å²) in [4.78, 5) is 10.9. The topological polar surface area (TPSA) is 55.1 Å². The summed E-state index contributed by atoms with van der Waals surface area (Å²) in [5.74, 6) is -1.03. The third kappa shape index (κ3) is 5.67. The molecule has 1 aromatic rings. The first-order valence-corrected chi connectivity index (χ1v) is 5.52. The molecule has 6 heteroatoms. The van der Waals surface area contributed by atoms with Gasteiger partial charge in [-0.2, -0.15) is 13.2 Å². The minimum atomic E-state index is -4.47. The Labute approximate surface area is 103 Å². The molecule has 0 aliphatic carbocycles. The smallest absolute Gasteiger partial charge is 0.356 e. The monoisotopic (exact) mass is 260 g/mol. The van der Waals surface area contributed by atoms with Crippen LogP contribution in [0.2, 0.25) is 0 Å². The van der Waals surface area contributed by atoms with Gasteiger partial charge in [-0.05, 0) is 12.0 Å². The zero-order valence-corrected chi connectivity index (χ0v) is 9.70. The Balaban J connectivity index is 2.28. The second-order valence-electron chi connectivity index (χ2n) is 3.95. The Morgan fingerprint density at radius 1 is 1.28 bits per heavy atom. The summed E-state index contributed by atoms with van der Waals surface area (Å²) in [6.45, 7) is 0.130. The van der Waals surface area contributed by atoms with E-state index in [0.717, 1.165) is 5.56 Å². The molecule has 3 N–H and O–H groups in total. The van der Waals surface area contributed by atoms with Gasteiger partial charge in [0.2, 0.25) is 5.91 Å². The predicted octanol–water partition coefficient (Wildman–Crippen LogP) is 2.15. The van der Waals surface area contributed by atoms with Gasteiger partial charge in [-0.3, -0.25) is 4.79 Å². The molecule has 1 aromatic carbocycles. The highest BCUT2D eigenvalue weighted by molar-refractivity contribution is 5.76. The molecule has 1 rings (SSSR count). The van der Waals surface area contributed by atoms with E-state index in [2.05, 4.69) is 5.32 Å². The molecule has 0 spiro atoms.